The summed E-state index contributed by atoms with van der Waals surface area (Å²) in [6, 6.07) is 12.0. The quantitative estimate of drug-likeness (QED) is 0.622. The van der Waals surface area contributed by atoms with Gasteiger partial charge in [-0.3, -0.25) is 14.4 Å². The molecule has 1 atom stereocenters. The zero-order valence-corrected chi connectivity index (χ0v) is 21.1. The summed E-state index contributed by atoms with van der Waals surface area (Å²) >= 11 is 6.08. The Labute approximate surface area is 204 Å². The molecule has 0 aliphatic carbocycles. The number of carbonyl (C=O) groups excluding carboxylic acids is 3. The first-order valence-corrected chi connectivity index (χ1v) is 12.6. The maximum absolute atomic E-state index is 13.3. The Kier molecular flexibility index (Phi) is 7.38. The van der Waals surface area contributed by atoms with Crippen molar-refractivity contribution in [2.24, 2.45) is 0 Å². The fourth-order valence-electron chi connectivity index (χ4n) is 3.68. The molecule has 1 N–H and O–H groups in total. The van der Waals surface area contributed by atoms with Gasteiger partial charge in [0.05, 0.1) is 5.56 Å². The number of sulfonamides is 1. The summed E-state index contributed by atoms with van der Waals surface area (Å²) in [6.45, 7) is 6.89. The Morgan fingerprint density at radius 2 is 1.79 bits per heavy atom. The highest BCUT2D eigenvalue weighted by Gasteiger charge is 2.41. The van der Waals surface area contributed by atoms with Gasteiger partial charge in [-0.25, -0.2) is 12.7 Å². The molecule has 2 aromatic rings. The lowest BCUT2D eigenvalue weighted by molar-refractivity contribution is -0.141. The smallest absolute Gasteiger partial charge is 0.269 e. The predicted octanol–water partition coefficient (Wildman–Crippen LogP) is 3.21. The highest BCUT2D eigenvalue weighted by atomic mass is 35.5. The van der Waals surface area contributed by atoms with Crippen LogP contribution >= 0.6 is 11.6 Å². The van der Waals surface area contributed by atoms with Crippen LogP contribution in [0.2, 0.25) is 5.02 Å². The zero-order chi connectivity index (χ0) is 25.3. The Bertz CT molecular complexity index is 1220. The maximum atomic E-state index is 13.3. The average molecular weight is 506 g/mol. The summed E-state index contributed by atoms with van der Waals surface area (Å²) in [4.78, 5) is 40.1. The number of fused-ring (bicyclic) bond motifs is 1. The molecule has 0 saturated carbocycles. The number of carbonyl (C=O) groups is 3. The number of rotatable bonds is 7. The number of hydrogen-bond acceptors (Lipinski definition) is 5. The third kappa shape index (κ3) is 5.59. The van der Waals surface area contributed by atoms with Gasteiger partial charge in [-0.2, -0.15) is 0 Å². The van der Waals surface area contributed by atoms with Crippen molar-refractivity contribution in [2.75, 3.05) is 6.54 Å². The van der Waals surface area contributed by atoms with Gasteiger partial charge in [-0.05, 0) is 57.5 Å². The van der Waals surface area contributed by atoms with Crippen LogP contribution in [0.3, 0.4) is 0 Å². The fraction of sp³-hybridized carbons (Fsp3) is 0.375. The van der Waals surface area contributed by atoms with Crippen molar-refractivity contribution >= 4 is 39.3 Å². The fourth-order valence-corrected chi connectivity index (χ4v) is 5.46. The molecule has 8 nitrogen and oxygen atoms in total. The van der Waals surface area contributed by atoms with Gasteiger partial charge in [0, 0.05) is 30.1 Å². The molecule has 0 unspecified atom stereocenters. The standard InChI is InChI=1S/C24H28ClN3O5S/c1-16(22(30)26-24(2,3)4)27(15-17-8-7-9-18(25)14-17)21(29)12-13-28-23(31)19-10-5-6-11-20(19)34(28,32)33/h5-11,14,16H,12-13,15H2,1-4H3,(H,26,30)/t16-/m0/s1. The molecule has 3 rings (SSSR count). The Hall–Kier alpha value is -2.91. The van der Waals surface area contributed by atoms with E-state index in [2.05, 4.69) is 5.32 Å². The van der Waals surface area contributed by atoms with Crippen molar-refractivity contribution in [1.82, 2.24) is 14.5 Å². The molecule has 0 aromatic heterocycles. The minimum absolute atomic E-state index is 0.0684. The maximum Gasteiger partial charge on any atom is 0.269 e. The lowest BCUT2D eigenvalue weighted by Crippen LogP contribution is -2.52. The van der Waals surface area contributed by atoms with Crippen molar-refractivity contribution in [3.05, 3.63) is 64.7 Å². The molecular formula is C24H28ClN3O5S. The van der Waals surface area contributed by atoms with E-state index in [0.717, 1.165) is 0 Å². The molecule has 1 aliphatic rings. The third-order valence-electron chi connectivity index (χ3n) is 5.35. The SMILES string of the molecule is C[C@@H](C(=O)NC(C)(C)C)N(Cc1cccc(Cl)c1)C(=O)CCN1C(=O)c2ccccc2S1(=O)=O. The highest BCUT2D eigenvalue weighted by molar-refractivity contribution is 7.90. The number of hydrogen-bond donors (Lipinski definition) is 1. The number of benzene rings is 2. The van der Waals surface area contributed by atoms with Crippen LogP contribution in [0.1, 0.15) is 50.0 Å². The van der Waals surface area contributed by atoms with Gasteiger partial charge in [0.2, 0.25) is 11.8 Å². The molecule has 0 bridgehead atoms. The topological polar surface area (TPSA) is 104 Å². The molecule has 0 spiro atoms. The van der Waals surface area contributed by atoms with Crippen LogP contribution in [0, 0.1) is 0 Å². The normalized spacial score (nSPS) is 15.6. The number of nitrogens with zero attached hydrogens (tertiary/aromatic N) is 2. The summed E-state index contributed by atoms with van der Waals surface area (Å²) in [5.74, 6) is -1.47. The summed E-state index contributed by atoms with van der Waals surface area (Å²) in [5.41, 5.74) is 0.301. The van der Waals surface area contributed by atoms with Crippen LogP contribution in [0.25, 0.3) is 0 Å². The molecular weight excluding hydrogens is 478 g/mol. The Morgan fingerprint density at radius 3 is 2.41 bits per heavy atom. The van der Waals surface area contributed by atoms with E-state index in [4.69, 9.17) is 11.6 Å². The van der Waals surface area contributed by atoms with Gasteiger partial charge < -0.3 is 10.2 Å². The van der Waals surface area contributed by atoms with E-state index in [-0.39, 0.29) is 35.9 Å². The molecule has 10 heteroatoms. The predicted molar refractivity (Wildman–Crippen MR) is 129 cm³/mol. The van der Waals surface area contributed by atoms with Crippen LogP contribution in [-0.2, 0) is 26.2 Å². The van der Waals surface area contributed by atoms with Crippen LogP contribution in [0.5, 0.6) is 0 Å². The number of amides is 3. The zero-order valence-electron chi connectivity index (χ0n) is 19.5. The molecule has 34 heavy (non-hydrogen) atoms. The summed E-state index contributed by atoms with van der Waals surface area (Å²) in [7, 11) is -4.03. The third-order valence-corrected chi connectivity index (χ3v) is 7.42. The van der Waals surface area contributed by atoms with Gasteiger partial charge in [0.25, 0.3) is 15.9 Å². The van der Waals surface area contributed by atoms with Crippen molar-refractivity contribution in [3.8, 4) is 0 Å². The van der Waals surface area contributed by atoms with Crippen molar-refractivity contribution in [3.63, 3.8) is 0 Å². The second-order valence-corrected chi connectivity index (χ2v) is 11.5. The summed E-state index contributed by atoms with van der Waals surface area (Å²) in [5, 5.41) is 3.35. The van der Waals surface area contributed by atoms with Crippen LogP contribution in [0.4, 0.5) is 0 Å². The molecule has 0 fully saturated rings. The summed E-state index contributed by atoms with van der Waals surface area (Å²) < 4.78 is 26.3. The van der Waals surface area contributed by atoms with E-state index in [1.807, 2.05) is 20.8 Å². The van der Waals surface area contributed by atoms with E-state index in [0.29, 0.717) is 14.9 Å². The van der Waals surface area contributed by atoms with Crippen molar-refractivity contribution in [1.29, 1.82) is 0 Å². The van der Waals surface area contributed by atoms with Crippen LogP contribution < -0.4 is 5.32 Å². The molecule has 1 heterocycles. The van der Waals surface area contributed by atoms with E-state index < -0.39 is 33.4 Å². The lowest BCUT2D eigenvalue weighted by Gasteiger charge is -2.32. The van der Waals surface area contributed by atoms with Crippen molar-refractivity contribution < 1.29 is 22.8 Å². The van der Waals surface area contributed by atoms with Crippen LogP contribution in [-0.4, -0.2) is 53.5 Å². The minimum atomic E-state index is -4.03. The highest BCUT2D eigenvalue weighted by Crippen LogP contribution is 2.30. The largest absolute Gasteiger partial charge is 0.350 e. The monoisotopic (exact) mass is 505 g/mol. The molecule has 3 amide bonds. The van der Waals surface area contributed by atoms with Gasteiger partial charge >= 0.3 is 0 Å². The number of nitrogens with one attached hydrogen (secondary N) is 1. The van der Waals surface area contributed by atoms with Crippen LogP contribution in [0.15, 0.2) is 53.4 Å². The lowest BCUT2D eigenvalue weighted by atomic mass is 10.1. The van der Waals surface area contributed by atoms with Gasteiger partial charge in [0.15, 0.2) is 0 Å². The second kappa shape index (κ2) is 9.76. The number of halogens is 1. The van der Waals surface area contributed by atoms with E-state index in [1.165, 1.54) is 17.0 Å². The summed E-state index contributed by atoms with van der Waals surface area (Å²) in [6.07, 6.45) is -0.271. The Morgan fingerprint density at radius 1 is 1.12 bits per heavy atom. The van der Waals surface area contributed by atoms with E-state index in [9.17, 15) is 22.8 Å². The minimum Gasteiger partial charge on any atom is -0.350 e. The average Bonchev–Trinajstić information content (AvgIpc) is 2.94. The van der Waals surface area contributed by atoms with E-state index in [1.54, 1.807) is 43.3 Å². The first-order valence-electron chi connectivity index (χ1n) is 10.8. The van der Waals surface area contributed by atoms with Crippen molar-refractivity contribution in [2.45, 2.75) is 57.1 Å². The molecule has 1 aliphatic heterocycles. The molecule has 182 valence electrons. The van der Waals surface area contributed by atoms with Gasteiger partial charge in [0.1, 0.15) is 10.9 Å². The Balaban J connectivity index is 1.81. The first-order chi connectivity index (χ1) is 15.8. The second-order valence-electron chi connectivity index (χ2n) is 9.20. The molecule has 0 saturated heterocycles. The first kappa shape index (κ1) is 25.7. The van der Waals surface area contributed by atoms with E-state index >= 15 is 0 Å². The van der Waals surface area contributed by atoms with Gasteiger partial charge in [-0.15, -0.1) is 0 Å². The molecule has 0 radical (unpaired) electrons. The van der Waals surface area contributed by atoms with Gasteiger partial charge in [-0.1, -0.05) is 35.9 Å². The molecule has 2 aromatic carbocycles.